The van der Waals surface area contributed by atoms with E-state index in [0.717, 1.165) is 23.7 Å². The number of hydrogen-bond acceptors (Lipinski definition) is 3. The first kappa shape index (κ1) is 14.0. The highest BCUT2D eigenvalue weighted by Crippen LogP contribution is 2.24. The van der Waals surface area contributed by atoms with Crippen LogP contribution in [-0.4, -0.2) is 12.0 Å². The predicted octanol–water partition coefficient (Wildman–Crippen LogP) is 4.12. The maximum absolute atomic E-state index is 4.78. The highest BCUT2D eigenvalue weighted by molar-refractivity contribution is 7.10. The second-order valence-electron chi connectivity index (χ2n) is 4.97. The van der Waals surface area contributed by atoms with E-state index in [1.54, 1.807) is 11.3 Å². The smallest absolute Gasteiger partial charge is 0.0976 e. The molecule has 3 aromatic rings. The fourth-order valence-electron chi connectivity index (χ4n) is 2.39. The van der Waals surface area contributed by atoms with Gasteiger partial charge in [-0.2, -0.15) is 0 Å². The zero-order chi connectivity index (χ0) is 14.5. The summed E-state index contributed by atoms with van der Waals surface area (Å²) < 4.78 is 0. The zero-order valence-electron chi connectivity index (χ0n) is 12.0. The Hall–Kier alpha value is -1.97. The molecule has 0 amide bonds. The lowest BCUT2D eigenvalue weighted by Crippen LogP contribution is -2.07. The lowest BCUT2D eigenvalue weighted by atomic mass is 10.0. The molecule has 21 heavy (non-hydrogen) atoms. The van der Waals surface area contributed by atoms with Gasteiger partial charge in [-0.25, -0.2) is 4.98 Å². The molecule has 0 aliphatic carbocycles. The lowest BCUT2D eigenvalue weighted by molar-refractivity contribution is 0.807. The second kappa shape index (κ2) is 6.66. The molecular weight excluding hydrogens is 276 g/mol. The molecule has 0 saturated carbocycles. The number of rotatable bonds is 5. The Kier molecular flexibility index (Phi) is 4.43. The monoisotopic (exact) mass is 294 g/mol. The largest absolute Gasteiger partial charge is 0.316 e. The van der Waals surface area contributed by atoms with Crippen LogP contribution in [0.15, 0.2) is 60.0 Å². The van der Waals surface area contributed by atoms with Gasteiger partial charge in [0.1, 0.15) is 0 Å². The van der Waals surface area contributed by atoms with Crippen LogP contribution in [-0.2, 0) is 13.0 Å². The number of hydrogen-bond donors (Lipinski definition) is 1. The minimum absolute atomic E-state index is 0.896. The van der Waals surface area contributed by atoms with Crippen LogP contribution in [0.1, 0.15) is 16.1 Å². The normalized spacial score (nSPS) is 10.7. The molecule has 1 aromatic heterocycles. The molecule has 0 unspecified atom stereocenters. The van der Waals surface area contributed by atoms with Crippen LogP contribution in [0.3, 0.4) is 0 Å². The fourth-order valence-corrected chi connectivity index (χ4v) is 3.22. The van der Waals surface area contributed by atoms with E-state index in [9.17, 15) is 0 Å². The Balaban J connectivity index is 1.82. The molecule has 3 rings (SSSR count). The molecule has 0 radical (unpaired) electrons. The third-order valence-electron chi connectivity index (χ3n) is 3.45. The number of nitrogens with zero attached hydrogens (tertiary/aromatic N) is 1. The van der Waals surface area contributed by atoms with Crippen molar-refractivity contribution in [3.05, 3.63) is 76.1 Å². The van der Waals surface area contributed by atoms with Gasteiger partial charge in [0.05, 0.1) is 10.7 Å². The number of thiazole rings is 1. The Bertz CT molecular complexity index is 704. The van der Waals surface area contributed by atoms with Gasteiger partial charge in [-0.3, -0.25) is 0 Å². The lowest BCUT2D eigenvalue weighted by Gasteiger charge is -2.07. The van der Waals surface area contributed by atoms with Gasteiger partial charge in [0.2, 0.25) is 0 Å². The predicted molar refractivity (Wildman–Crippen MR) is 89.6 cm³/mol. The molecule has 3 heteroatoms. The van der Waals surface area contributed by atoms with Gasteiger partial charge in [0.15, 0.2) is 0 Å². The van der Waals surface area contributed by atoms with Crippen LogP contribution < -0.4 is 5.32 Å². The number of nitrogens with one attached hydrogen (secondary N) is 1. The minimum Gasteiger partial charge on any atom is -0.316 e. The molecule has 1 heterocycles. The van der Waals surface area contributed by atoms with Crippen molar-refractivity contribution in [1.82, 2.24) is 10.3 Å². The third kappa shape index (κ3) is 3.38. The summed E-state index contributed by atoms with van der Waals surface area (Å²) in [4.78, 5) is 4.78. The van der Waals surface area contributed by atoms with E-state index in [4.69, 9.17) is 4.98 Å². The van der Waals surface area contributed by atoms with E-state index in [1.807, 2.05) is 13.1 Å². The van der Waals surface area contributed by atoms with Gasteiger partial charge in [0, 0.05) is 23.9 Å². The van der Waals surface area contributed by atoms with Gasteiger partial charge in [-0.05, 0) is 18.2 Å². The summed E-state index contributed by atoms with van der Waals surface area (Å²) in [6, 6.07) is 18.9. The molecule has 0 atom stereocenters. The van der Waals surface area contributed by atoms with Gasteiger partial charge in [0.25, 0.3) is 0 Å². The molecule has 106 valence electrons. The Morgan fingerprint density at radius 1 is 0.952 bits per heavy atom. The topological polar surface area (TPSA) is 24.9 Å². The highest BCUT2D eigenvalue weighted by atomic mass is 32.1. The molecular formula is C18H18N2S. The first-order chi connectivity index (χ1) is 10.4. The van der Waals surface area contributed by atoms with Crippen LogP contribution in [0.4, 0.5) is 0 Å². The quantitative estimate of drug-likeness (QED) is 0.765. The average Bonchev–Trinajstić information content (AvgIpc) is 2.99. The van der Waals surface area contributed by atoms with Crippen molar-refractivity contribution in [2.45, 2.75) is 13.0 Å². The standard InChI is InChI=1S/C18H18N2S/c1-19-12-16-10-6-5-9-15(16)11-18-20-17(13-21-18)14-7-3-2-4-8-14/h2-10,13,19H,11-12H2,1H3. The van der Waals surface area contributed by atoms with Crippen molar-refractivity contribution < 1.29 is 0 Å². The van der Waals surface area contributed by atoms with E-state index in [2.05, 4.69) is 59.2 Å². The molecule has 2 aromatic carbocycles. The van der Waals surface area contributed by atoms with Crippen molar-refractivity contribution in [3.8, 4) is 11.3 Å². The molecule has 2 nitrogen and oxygen atoms in total. The third-order valence-corrected chi connectivity index (χ3v) is 4.30. The molecule has 1 N–H and O–H groups in total. The highest BCUT2D eigenvalue weighted by Gasteiger charge is 2.07. The maximum atomic E-state index is 4.78. The van der Waals surface area contributed by atoms with Crippen LogP contribution in [0.5, 0.6) is 0 Å². The Morgan fingerprint density at radius 3 is 2.43 bits per heavy atom. The SMILES string of the molecule is CNCc1ccccc1Cc1nc(-c2ccccc2)cs1. The van der Waals surface area contributed by atoms with Crippen molar-refractivity contribution >= 4 is 11.3 Å². The fraction of sp³-hybridized carbons (Fsp3) is 0.167. The summed E-state index contributed by atoms with van der Waals surface area (Å²) in [5.41, 5.74) is 4.95. The van der Waals surface area contributed by atoms with E-state index in [0.29, 0.717) is 0 Å². The Labute approximate surface area is 129 Å². The number of benzene rings is 2. The minimum atomic E-state index is 0.896. The van der Waals surface area contributed by atoms with Crippen LogP contribution >= 0.6 is 11.3 Å². The van der Waals surface area contributed by atoms with Gasteiger partial charge < -0.3 is 5.32 Å². The first-order valence-electron chi connectivity index (χ1n) is 7.08. The first-order valence-corrected chi connectivity index (χ1v) is 7.96. The van der Waals surface area contributed by atoms with Crippen LogP contribution in [0.25, 0.3) is 11.3 Å². The van der Waals surface area contributed by atoms with Gasteiger partial charge in [-0.15, -0.1) is 11.3 Å². The molecule has 0 saturated heterocycles. The van der Waals surface area contributed by atoms with Crippen molar-refractivity contribution in [3.63, 3.8) is 0 Å². The van der Waals surface area contributed by atoms with Gasteiger partial charge in [-0.1, -0.05) is 54.6 Å². The Morgan fingerprint density at radius 2 is 1.67 bits per heavy atom. The summed E-state index contributed by atoms with van der Waals surface area (Å²) in [7, 11) is 1.98. The molecule has 0 bridgehead atoms. The summed E-state index contributed by atoms with van der Waals surface area (Å²) in [5.74, 6) is 0. The van der Waals surface area contributed by atoms with E-state index in [1.165, 1.54) is 16.7 Å². The van der Waals surface area contributed by atoms with Crippen molar-refractivity contribution in [2.75, 3.05) is 7.05 Å². The molecule has 0 fully saturated rings. The summed E-state index contributed by atoms with van der Waals surface area (Å²) in [5, 5.41) is 6.53. The summed E-state index contributed by atoms with van der Waals surface area (Å²) in [6.45, 7) is 0.896. The van der Waals surface area contributed by atoms with Crippen LogP contribution in [0.2, 0.25) is 0 Å². The second-order valence-corrected chi connectivity index (χ2v) is 5.91. The molecule has 0 spiro atoms. The maximum Gasteiger partial charge on any atom is 0.0976 e. The summed E-state index contributed by atoms with van der Waals surface area (Å²) in [6.07, 6.45) is 0.898. The van der Waals surface area contributed by atoms with E-state index in [-0.39, 0.29) is 0 Å². The molecule has 0 aliphatic rings. The molecule has 0 aliphatic heterocycles. The zero-order valence-corrected chi connectivity index (χ0v) is 12.9. The average molecular weight is 294 g/mol. The van der Waals surface area contributed by atoms with Crippen molar-refractivity contribution in [2.24, 2.45) is 0 Å². The van der Waals surface area contributed by atoms with E-state index >= 15 is 0 Å². The van der Waals surface area contributed by atoms with E-state index < -0.39 is 0 Å². The van der Waals surface area contributed by atoms with Crippen LogP contribution in [0, 0.1) is 0 Å². The van der Waals surface area contributed by atoms with Crippen molar-refractivity contribution in [1.29, 1.82) is 0 Å². The summed E-state index contributed by atoms with van der Waals surface area (Å²) >= 11 is 1.73. The number of aromatic nitrogens is 1. The van der Waals surface area contributed by atoms with Gasteiger partial charge >= 0.3 is 0 Å².